The zero-order chi connectivity index (χ0) is 18.5. The number of aldehydes is 1. The van der Waals surface area contributed by atoms with Crippen molar-refractivity contribution in [1.29, 1.82) is 0 Å². The molecule has 2 heterocycles. The molecule has 2 aromatic rings. The number of hydrogen-bond donors (Lipinski definition) is 0. The van der Waals surface area contributed by atoms with Crippen LogP contribution in [0.1, 0.15) is 76.8 Å². The fourth-order valence-electron chi connectivity index (χ4n) is 2.85. The summed E-state index contributed by atoms with van der Waals surface area (Å²) >= 11 is 0. The molecule has 0 N–H and O–H groups in total. The fourth-order valence-corrected chi connectivity index (χ4v) is 2.85. The van der Waals surface area contributed by atoms with E-state index >= 15 is 0 Å². The van der Waals surface area contributed by atoms with Gasteiger partial charge in [0.15, 0.2) is 6.17 Å². The number of rotatable bonds is 15. The van der Waals surface area contributed by atoms with Gasteiger partial charge in [0.25, 0.3) is 0 Å². The van der Waals surface area contributed by atoms with Gasteiger partial charge in [-0.1, -0.05) is 19.3 Å². The smallest absolute Gasteiger partial charge is 0.150 e. The Morgan fingerprint density at radius 2 is 1.42 bits per heavy atom. The number of carbonyl (C=O) groups excluding carboxylic acids is 2. The third kappa shape index (κ3) is 7.16. The number of unbranched alkanes of at least 4 members (excludes halogenated alkanes) is 6. The minimum absolute atomic E-state index is 0.179. The molecule has 2 rings (SSSR count). The molecule has 26 heavy (non-hydrogen) atoms. The molecule has 0 aliphatic carbocycles. The monoisotopic (exact) mass is 362 g/mol. The minimum Gasteiger partial charge on any atom is -0.303 e. The Hall–Kier alpha value is -2.52. The van der Waals surface area contributed by atoms with E-state index in [1.54, 1.807) is 9.36 Å². The summed E-state index contributed by atoms with van der Waals surface area (Å²) in [7, 11) is 0. The van der Waals surface area contributed by atoms with E-state index in [0.717, 1.165) is 57.7 Å². The summed E-state index contributed by atoms with van der Waals surface area (Å²) in [6.45, 7) is 0. The van der Waals surface area contributed by atoms with Crippen LogP contribution in [0.3, 0.4) is 0 Å². The molecule has 0 aliphatic rings. The predicted octanol–water partition coefficient (Wildman–Crippen LogP) is 1.77. The second-order valence-corrected chi connectivity index (χ2v) is 6.32. The first kappa shape index (κ1) is 19.8. The van der Waals surface area contributed by atoms with Gasteiger partial charge in [-0.2, -0.15) is 0 Å². The summed E-state index contributed by atoms with van der Waals surface area (Å²) in [5, 5.41) is 22.4. The van der Waals surface area contributed by atoms with Crippen molar-refractivity contribution in [2.24, 2.45) is 0 Å². The Bertz CT molecular complexity index is 580. The molecule has 0 amide bonds. The number of ketones is 1. The molecule has 0 fully saturated rings. The predicted molar refractivity (Wildman–Crippen MR) is 91.9 cm³/mol. The lowest BCUT2D eigenvalue weighted by atomic mass is 10.0. The molecule has 0 bridgehead atoms. The van der Waals surface area contributed by atoms with Gasteiger partial charge >= 0.3 is 0 Å². The standard InChI is InChI=1S/C16H26N8O2/c25-12-8-4-2-1-3-5-9-15(26)10-6-7-11-16(23-13-17-19-21-23)24-14-18-20-22-24/h12-14,16H,1-11H2. The summed E-state index contributed by atoms with van der Waals surface area (Å²) in [5.41, 5.74) is 0. The average molecular weight is 362 g/mol. The van der Waals surface area contributed by atoms with Gasteiger partial charge in [0.05, 0.1) is 0 Å². The molecular formula is C16H26N8O2. The minimum atomic E-state index is -0.179. The number of Topliss-reactive ketones (excluding diaryl/α,β-unsaturated/α-hetero) is 1. The van der Waals surface area contributed by atoms with Crippen LogP contribution in [0.5, 0.6) is 0 Å². The first-order chi connectivity index (χ1) is 12.8. The first-order valence-corrected chi connectivity index (χ1v) is 9.21. The maximum Gasteiger partial charge on any atom is 0.150 e. The zero-order valence-electron chi connectivity index (χ0n) is 15.0. The highest BCUT2D eigenvalue weighted by Gasteiger charge is 2.15. The van der Waals surface area contributed by atoms with Crippen LogP contribution in [0.25, 0.3) is 0 Å². The number of carbonyl (C=O) groups is 2. The number of aromatic nitrogens is 8. The van der Waals surface area contributed by atoms with E-state index in [0.29, 0.717) is 25.0 Å². The van der Waals surface area contributed by atoms with E-state index < -0.39 is 0 Å². The van der Waals surface area contributed by atoms with Gasteiger partial charge in [-0.25, -0.2) is 9.36 Å². The van der Waals surface area contributed by atoms with E-state index in [-0.39, 0.29) is 6.17 Å². The molecule has 0 saturated carbocycles. The third-order valence-corrected chi connectivity index (χ3v) is 4.29. The van der Waals surface area contributed by atoms with Gasteiger partial charge in [-0.3, -0.25) is 4.79 Å². The number of hydrogen-bond acceptors (Lipinski definition) is 8. The van der Waals surface area contributed by atoms with Crippen molar-refractivity contribution < 1.29 is 9.59 Å². The van der Waals surface area contributed by atoms with Crippen molar-refractivity contribution in [3.63, 3.8) is 0 Å². The van der Waals surface area contributed by atoms with Gasteiger partial charge < -0.3 is 4.79 Å². The molecule has 0 aromatic carbocycles. The topological polar surface area (TPSA) is 121 Å². The number of tetrazole rings is 2. The highest BCUT2D eigenvalue weighted by Crippen LogP contribution is 2.16. The summed E-state index contributed by atoms with van der Waals surface area (Å²) in [5.74, 6) is 0.319. The molecule has 0 radical (unpaired) electrons. The first-order valence-electron chi connectivity index (χ1n) is 9.21. The molecule has 0 aliphatic heterocycles. The lowest BCUT2D eigenvalue weighted by Crippen LogP contribution is -2.20. The summed E-state index contributed by atoms with van der Waals surface area (Å²) in [4.78, 5) is 22.2. The van der Waals surface area contributed by atoms with Crippen LogP contribution in [0.2, 0.25) is 0 Å². The van der Waals surface area contributed by atoms with Crippen LogP contribution >= 0.6 is 0 Å². The highest BCUT2D eigenvalue weighted by atomic mass is 16.1. The number of nitrogens with zero attached hydrogens (tertiary/aromatic N) is 8. The molecule has 142 valence electrons. The molecule has 0 spiro atoms. The molecular weight excluding hydrogens is 336 g/mol. The lowest BCUT2D eigenvalue weighted by molar-refractivity contribution is -0.119. The third-order valence-electron chi connectivity index (χ3n) is 4.29. The highest BCUT2D eigenvalue weighted by molar-refractivity contribution is 5.78. The van der Waals surface area contributed by atoms with Crippen LogP contribution in [0.4, 0.5) is 0 Å². The van der Waals surface area contributed by atoms with E-state index in [2.05, 4.69) is 31.1 Å². The van der Waals surface area contributed by atoms with Crippen molar-refractivity contribution in [2.45, 2.75) is 76.8 Å². The van der Waals surface area contributed by atoms with E-state index in [4.69, 9.17) is 0 Å². The van der Waals surface area contributed by atoms with Crippen molar-refractivity contribution in [3.05, 3.63) is 12.7 Å². The Morgan fingerprint density at radius 3 is 2.00 bits per heavy atom. The van der Waals surface area contributed by atoms with Crippen molar-refractivity contribution in [2.75, 3.05) is 0 Å². The molecule has 0 atom stereocenters. The van der Waals surface area contributed by atoms with Gasteiger partial charge in [0, 0.05) is 19.3 Å². The average Bonchev–Trinajstić information content (AvgIpc) is 3.35. The largest absolute Gasteiger partial charge is 0.303 e. The molecule has 0 unspecified atom stereocenters. The second-order valence-electron chi connectivity index (χ2n) is 6.32. The van der Waals surface area contributed by atoms with Crippen molar-refractivity contribution in [1.82, 2.24) is 40.4 Å². The fraction of sp³-hybridized carbons (Fsp3) is 0.750. The maximum atomic E-state index is 12.0. The SMILES string of the molecule is O=CCCCCCCCC(=O)CCCCC(n1cnnn1)n1cnnn1. The summed E-state index contributed by atoms with van der Waals surface area (Å²) < 4.78 is 3.23. The van der Waals surface area contributed by atoms with E-state index in [9.17, 15) is 9.59 Å². The molecule has 10 heteroatoms. The van der Waals surface area contributed by atoms with E-state index in [1.807, 2.05) is 0 Å². The quantitative estimate of drug-likeness (QED) is 0.347. The summed E-state index contributed by atoms with van der Waals surface area (Å²) in [6.07, 6.45) is 13.3. The van der Waals surface area contributed by atoms with Crippen molar-refractivity contribution >= 4 is 12.1 Å². The van der Waals surface area contributed by atoms with Gasteiger partial charge in [0.1, 0.15) is 24.7 Å². The van der Waals surface area contributed by atoms with E-state index in [1.165, 1.54) is 12.7 Å². The van der Waals surface area contributed by atoms with Crippen LogP contribution in [-0.2, 0) is 9.59 Å². The zero-order valence-corrected chi connectivity index (χ0v) is 15.0. The van der Waals surface area contributed by atoms with Crippen LogP contribution in [0.15, 0.2) is 12.7 Å². The normalized spacial score (nSPS) is 11.1. The summed E-state index contributed by atoms with van der Waals surface area (Å²) in [6, 6.07) is 0. The lowest BCUT2D eigenvalue weighted by Gasteiger charge is -2.15. The molecule has 0 saturated heterocycles. The van der Waals surface area contributed by atoms with Gasteiger partial charge in [0.2, 0.25) is 0 Å². The Labute approximate surface area is 152 Å². The Balaban J connectivity index is 1.58. The van der Waals surface area contributed by atoms with Gasteiger partial charge in [-0.15, -0.1) is 10.2 Å². The van der Waals surface area contributed by atoms with Crippen LogP contribution in [0, 0.1) is 0 Å². The van der Waals surface area contributed by atoms with Crippen LogP contribution in [-0.4, -0.2) is 52.5 Å². The van der Waals surface area contributed by atoms with Crippen molar-refractivity contribution in [3.8, 4) is 0 Å². The second kappa shape index (κ2) is 11.9. The maximum absolute atomic E-state index is 12.0. The Kier molecular flexibility index (Phi) is 9.09. The van der Waals surface area contributed by atoms with Gasteiger partial charge in [-0.05, 0) is 53.0 Å². The Morgan fingerprint density at radius 1 is 0.846 bits per heavy atom. The molecule has 10 nitrogen and oxygen atoms in total. The molecule has 2 aromatic heterocycles. The van der Waals surface area contributed by atoms with Crippen LogP contribution < -0.4 is 0 Å².